The number of aliphatic carboxylic acids is 1. The largest absolute Gasteiger partial charge is 0.481 e. The van der Waals surface area contributed by atoms with Crippen LogP contribution in [-0.2, 0) is 9.53 Å². The first-order valence-electron chi connectivity index (χ1n) is 5.25. The Morgan fingerprint density at radius 2 is 1.79 bits per heavy atom. The highest BCUT2D eigenvalue weighted by atomic mass is 16.5. The van der Waals surface area contributed by atoms with Crippen molar-refractivity contribution in [2.45, 2.75) is 58.0 Å². The second kappa shape index (κ2) is 6.82. The second-order valence-electron chi connectivity index (χ2n) is 4.27. The van der Waals surface area contributed by atoms with Gasteiger partial charge < -0.3 is 9.84 Å². The van der Waals surface area contributed by atoms with Crippen molar-refractivity contribution >= 4 is 5.97 Å². The van der Waals surface area contributed by atoms with E-state index in [0.29, 0.717) is 6.42 Å². The summed E-state index contributed by atoms with van der Waals surface area (Å²) in [5.74, 6) is -0.692. The molecule has 0 aromatic heterocycles. The summed E-state index contributed by atoms with van der Waals surface area (Å²) < 4.78 is 5.29. The number of carboxylic acids is 1. The van der Waals surface area contributed by atoms with Crippen LogP contribution in [0.2, 0.25) is 0 Å². The molecule has 0 aromatic carbocycles. The Labute approximate surface area is 86.5 Å². The molecule has 0 aliphatic carbocycles. The predicted octanol–water partition coefficient (Wildman–Crippen LogP) is 2.84. The van der Waals surface area contributed by atoms with E-state index in [1.807, 2.05) is 0 Å². The molecule has 0 spiro atoms. The molecule has 0 aliphatic rings. The highest BCUT2D eigenvalue weighted by molar-refractivity contribution is 5.66. The summed E-state index contributed by atoms with van der Waals surface area (Å²) in [5.41, 5.74) is -0.0349. The smallest absolute Gasteiger partial charge is 0.303 e. The highest BCUT2D eigenvalue weighted by Gasteiger charge is 2.14. The number of hydrogen-bond acceptors (Lipinski definition) is 2. The molecule has 0 amide bonds. The molecule has 0 aliphatic heterocycles. The summed E-state index contributed by atoms with van der Waals surface area (Å²) in [6.45, 7) is 4.15. The van der Waals surface area contributed by atoms with Gasteiger partial charge in [-0.25, -0.2) is 0 Å². The summed E-state index contributed by atoms with van der Waals surface area (Å²) in [5, 5.41) is 8.42. The first kappa shape index (κ1) is 13.4. The van der Waals surface area contributed by atoms with Gasteiger partial charge in [-0.15, -0.1) is 0 Å². The number of carboxylic acid groups (broad SMARTS) is 1. The zero-order chi connectivity index (χ0) is 11.0. The van der Waals surface area contributed by atoms with E-state index in [0.717, 1.165) is 32.1 Å². The predicted molar refractivity (Wildman–Crippen MR) is 56.4 cm³/mol. The Kier molecular flexibility index (Phi) is 6.54. The van der Waals surface area contributed by atoms with Gasteiger partial charge in [0, 0.05) is 13.5 Å². The van der Waals surface area contributed by atoms with Crippen molar-refractivity contribution in [3.05, 3.63) is 0 Å². The number of rotatable bonds is 8. The Bertz CT molecular complexity index is 164. The standard InChI is InChI=1S/C11H22O3/c1-11(2,14-3)9-7-5-4-6-8-10(12)13/h4-9H2,1-3H3,(H,12,13). The van der Waals surface area contributed by atoms with Gasteiger partial charge in [0.1, 0.15) is 0 Å². The third kappa shape index (κ3) is 8.05. The molecule has 1 N–H and O–H groups in total. The lowest BCUT2D eigenvalue weighted by Gasteiger charge is -2.22. The number of ether oxygens (including phenoxy) is 1. The van der Waals surface area contributed by atoms with Gasteiger partial charge in [0.05, 0.1) is 5.60 Å². The zero-order valence-electron chi connectivity index (χ0n) is 9.51. The Balaban J connectivity index is 3.25. The van der Waals surface area contributed by atoms with Crippen LogP contribution >= 0.6 is 0 Å². The zero-order valence-corrected chi connectivity index (χ0v) is 9.51. The fourth-order valence-corrected chi connectivity index (χ4v) is 1.28. The maximum absolute atomic E-state index is 10.2. The highest BCUT2D eigenvalue weighted by Crippen LogP contribution is 2.17. The van der Waals surface area contributed by atoms with Crippen LogP contribution in [0, 0.1) is 0 Å². The summed E-state index contributed by atoms with van der Waals surface area (Å²) in [7, 11) is 1.73. The van der Waals surface area contributed by atoms with Crippen molar-refractivity contribution in [2.75, 3.05) is 7.11 Å². The maximum atomic E-state index is 10.2. The Morgan fingerprint density at radius 3 is 2.29 bits per heavy atom. The molecular formula is C11H22O3. The lowest BCUT2D eigenvalue weighted by molar-refractivity contribution is -0.137. The van der Waals surface area contributed by atoms with Gasteiger partial charge in [-0.3, -0.25) is 4.79 Å². The molecule has 3 nitrogen and oxygen atoms in total. The molecule has 0 rings (SSSR count). The van der Waals surface area contributed by atoms with Crippen LogP contribution in [-0.4, -0.2) is 23.8 Å². The van der Waals surface area contributed by atoms with Crippen LogP contribution in [0.5, 0.6) is 0 Å². The van der Waals surface area contributed by atoms with E-state index in [9.17, 15) is 4.79 Å². The number of methoxy groups -OCH3 is 1. The van der Waals surface area contributed by atoms with Crippen molar-refractivity contribution in [3.63, 3.8) is 0 Å². The van der Waals surface area contributed by atoms with E-state index in [1.165, 1.54) is 0 Å². The lowest BCUT2D eigenvalue weighted by Crippen LogP contribution is -2.21. The monoisotopic (exact) mass is 202 g/mol. The maximum Gasteiger partial charge on any atom is 0.303 e. The van der Waals surface area contributed by atoms with Gasteiger partial charge >= 0.3 is 5.97 Å². The summed E-state index contributed by atoms with van der Waals surface area (Å²) >= 11 is 0. The quantitative estimate of drug-likeness (QED) is 0.616. The van der Waals surface area contributed by atoms with Gasteiger partial charge in [0.2, 0.25) is 0 Å². The van der Waals surface area contributed by atoms with Crippen molar-refractivity contribution in [2.24, 2.45) is 0 Å². The molecule has 3 heteroatoms. The van der Waals surface area contributed by atoms with Crippen LogP contribution in [0.15, 0.2) is 0 Å². The minimum Gasteiger partial charge on any atom is -0.481 e. The first-order chi connectivity index (χ1) is 6.48. The van der Waals surface area contributed by atoms with Gasteiger partial charge in [0.15, 0.2) is 0 Å². The molecule has 0 unspecified atom stereocenters. The molecular weight excluding hydrogens is 180 g/mol. The molecule has 0 heterocycles. The molecule has 84 valence electrons. The van der Waals surface area contributed by atoms with Gasteiger partial charge in [-0.1, -0.05) is 19.3 Å². The van der Waals surface area contributed by atoms with Crippen LogP contribution in [0.4, 0.5) is 0 Å². The molecule has 0 saturated heterocycles. The van der Waals surface area contributed by atoms with Gasteiger partial charge in [0.25, 0.3) is 0 Å². The normalized spacial score (nSPS) is 11.6. The molecule has 0 atom stereocenters. The topological polar surface area (TPSA) is 46.5 Å². The minimum absolute atomic E-state index is 0.0349. The van der Waals surface area contributed by atoms with Crippen LogP contribution in [0.1, 0.15) is 52.4 Å². The van der Waals surface area contributed by atoms with Gasteiger partial charge in [-0.05, 0) is 26.7 Å². The summed E-state index contributed by atoms with van der Waals surface area (Å²) in [4.78, 5) is 10.2. The number of hydrogen-bond donors (Lipinski definition) is 1. The summed E-state index contributed by atoms with van der Waals surface area (Å²) in [6, 6.07) is 0. The average molecular weight is 202 g/mol. The molecule has 0 radical (unpaired) electrons. The third-order valence-electron chi connectivity index (χ3n) is 2.47. The van der Waals surface area contributed by atoms with E-state index < -0.39 is 5.97 Å². The van der Waals surface area contributed by atoms with Crippen molar-refractivity contribution in [1.82, 2.24) is 0 Å². The Hall–Kier alpha value is -0.570. The third-order valence-corrected chi connectivity index (χ3v) is 2.47. The fraction of sp³-hybridized carbons (Fsp3) is 0.909. The van der Waals surface area contributed by atoms with Crippen molar-refractivity contribution < 1.29 is 14.6 Å². The van der Waals surface area contributed by atoms with E-state index >= 15 is 0 Å². The number of unbranched alkanes of at least 4 members (excludes halogenated alkanes) is 3. The van der Waals surface area contributed by atoms with E-state index in [4.69, 9.17) is 9.84 Å². The minimum atomic E-state index is -0.692. The fourth-order valence-electron chi connectivity index (χ4n) is 1.28. The lowest BCUT2D eigenvalue weighted by atomic mass is 10.00. The van der Waals surface area contributed by atoms with Crippen LogP contribution < -0.4 is 0 Å². The number of carbonyl (C=O) groups is 1. The Morgan fingerprint density at radius 1 is 1.21 bits per heavy atom. The van der Waals surface area contributed by atoms with Crippen LogP contribution in [0.3, 0.4) is 0 Å². The van der Waals surface area contributed by atoms with E-state index in [1.54, 1.807) is 7.11 Å². The van der Waals surface area contributed by atoms with E-state index in [-0.39, 0.29) is 5.60 Å². The van der Waals surface area contributed by atoms with Crippen LogP contribution in [0.25, 0.3) is 0 Å². The SMILES string of the molecule is COC(C)(C)CCCCCCC(=O)O. The molecule has 0 bridgehead atoms. The average Bonchev–Trinajstić information content (AvgIpc) is 2.10. The first-order valence-corrected chi connectivity index (χ1v) is 5.25. The van der Waals surface area contributed by atoms with E-state index in [2.05, 4.69) is 13.8 Å². The van der Waals surface area contributed by atoms with Gasteiger partial charge in [-0.2, -0.15) is 0 Å². The molecule has 0 saturated carbocycles. The van der Waals surface area contributed by atoms with Crippen molar-refractivity contribution in [1.29, 1.82) is 0 Å². The molecule has 0 fully saturated rings. The van der Waals surface area contributed by atoms with Crippen molar-refractivity contribution in [3.8, 4) is 0 Å². The second-order valence-corrected chi connectivity index (χ2v) is 4.27. The summed E-state index contributed by atoms with van der Waals surface area (Å²) in [6.07, 6.45) is 5.35. The molecule has 0 aromatic rings. The molecule has 14 heavy (non-hydrogen) atoms.